The Hall–Kier alpha value is -3.07. The molecule has 35 heavy (non-hydrogen) atoms. The van der Waals surface area contributed by atoms with Crippen molar-refractivity contribution in [1.29, 1.82) is 0 Å². The first-order valence-electron chi connectivity index (χ1n) is 11.5. The second-order valence-corrected chi connectivity index (χ2v) is 11.0. The molecule has 1 atom stereocenters. The molecule has 3 aromatic rings. The third-order valence-corrected chi connectivity index (χ3v) is 7.11. The number of sulfonamides is 1. The molecular weight excluding hydrogens is 478 g/mol. The Morgan fingerprint density at radius 3 is 2.09 bits per heavy atom. The van der Waals surface area contributed by atoms with Crippen LogP contribution in [0.1, 0.15) is 43.4 Å². The number of carbonyl (C=O) groups excluding carboxylic acids is 1. The topological polar surface area (TPSA) is 87.3 Å². The summed E-state index contributed by atoms with van der Waals surface area (Å²) in [6, 6.07) is 23.5. The maximum Gasteiger partial charge on any atom is 0.240 e. The molecule has 0 aliphatic rings. The van der Waals surface area contributed by atoms with Gasteiger partial charge in [0.05, 0.1) is 10.8 Å². The van der Waals surface area contributed by atoms with Crippen molar-refractivity contribution >= 4 is 38.9 Å². The Morgan fingerprint density at radius 2 is 1.49 bits per heavy atom. The lowest BCUT2D eigenvalue weighted by Gasteiger charge is -2.15. The molecule has 0 aromatic heterocycles. The zero-order valence-corrected chi connectivity index (χ0v) is 21.7. The summed E-state index contributed by atoms with van der Waals surface area (Å²) in [6.45, 7) is 6.38. The van der Waals surface area contributed by atoms with Crippen molar-refractivity contribution in [2.45, 2.75) is 44.6 Å². The van der Waals surface area contributed by atoms with Crippen molar-refractivity contribution in [3.05, 3.63) is 95.6 Å². The lowest BCUT2D eigenvalue weighted by atomic mass is 9.96. The number of amides is 1. The quantitative estimate of drug-likeness (QED) is 0.354. The van der Waals surface area contributed by atoms with E-state index in [-0.39, 0.29) is 28.4 Å². The summed E-state index contributed by atoms with van der Waals surface area (Å²) < 4.78 is 27.7. The highest BCUT2D eigenvalue weighted by Gasteiger charge is 2.17. The fourth-order valence-electron chi connectivity index (χ4n) is 3.52. The van der Waals surface area contributed by atoms with Crippen LogP contribution in [0.4, 0.5) is 5.69 Å². The number of rotatable bonds is 9. The van der Waals surface area contributed by atoms with Gasteiger partial charge in [-0.3, -0.25) is 4.79 Å². The molecule has 0 radical (unpaired) electrons. The van der Waals surface area contributed by atoms with Crippen LogP contribution in [-0.4, -0.2) is 19.4 Å². The number of hydrogen-bond acceptors (Lipinski definition) is 4. The number of thiocarbonyl (C=S) groups is 1. The predicted octanol–water partition coefficient (Wildman–Crippen LogP) is 4.98. The summed E-state index contributed by atoms with van der Waals surface area (Å²) in [7, 11) is -3.65. The zero-order valence-electron chi connectivity index (χ0n) is 20.1. The van der Waals surface area contributed by atoms with Crippen LogP contribution >= 0.6 is 12.2 Å². The maximum atomic E-state index is 12.7. The van der Waals surface area contributed by atoms with E-state index >= 15 is 0 Å². The van der Waals surface area contributed by atoms with Gasteiger partial charge in [0.1, 0.15) is 0 Å². The molecule has 0 spiro atoms. The third-order valence-electron chi connectivity index (χ3n) is 5.49. The Labute approximate surface area is 213 Å². The van der Waals surface area contributed by atoms with Gasteiger partial charge in [-0.25, -0.2) is 13.1 Å². The van der Waals surface area contributed by atoms with Gasteiger partial charge >= 0.3 is 0 Å². The van der Waals surface area contributed by atoms with E-state index in [1.807, 2.05) is 49.4 Å². The van der Waals surface area contributed by atoms with E-state index in [9.17, 15) is 13.2 Å². The Morgan fingerprint density at radius 1 is 0.857 bits per heavy atom. The molecular formula is C27H31N3O3S2. The van der Waals surface area contributed by atoms with E-state index < -0.39 is 10.0 Å². The normalized spacial score (nSPS) is 12.2. The fourth-order valence-corrected chi connectivity index (χ4v) is 4.76. The molecule has 8 heteroatoms. The first-order chi connectivity index (χ1) is 16.6. The van der Waals surface area contributed by atoms with Crippen molar-refractivity contribution < 1.29 is 13.2 Å². The summed E-state index contributed by atoms with van der Waals surface area (Å²) in [5, 5.41) is 5.79. The molecule has 184 valence electrons. The summed E-state index contributed by atoms with van der Waals surface area (Å²) in [5.74, 6) is -0.0146. The van der Waals surface area contributed by atoms with Crippen LogP contribution < -0.4 is 15.4 Å². The predicted molar refractivity (Wildman–Crippen MR) is 145 cm³/mol. The van der Waals surface area contributed by atoms with E-state index in [1.54, 1.807) is 12.1 Å². The number of benzene rings is 3. The van der Waals surface area contributed by atoms with Crippen LogP contribution in [0.15, 0.2) is 83.8 Å². The van der Waals surface area contributed by atoms with Gasteiger partial charge in [-0.05, 0) is 72.4 Å². The molecule has 0 saturated carbocycles. The average molecular weight is 510 g/mol. The van der Waals surface area contributed by atoms with E-state index in [4.69, 9.17) is 12.2 Å². The van der Waals surface area contributed by atoms with Crippen LogP contribution in [0.5, 0.6) is 0 Å². The fraction of sp³-hybridized carbons (Fsp3) is 0.259. The molecule has 3 aromatic carbocycles. The molecule has 3 N–H and O–H groups in total. The Bertz CT molecular complexity index is 1240. The molecule has 0 aliphatic heterocycles. The van der Waals surface area contributed by atoms with Gasteiger partial charge in [-0.15, -0.1) is 0 Å². The molecule has 1 unspecified atom stereocenters. The van der Waals surface area contributed by atoms with Gasteiger partial charge in [-0.1, -0.05) is 68.4 Å². The van der Waals surface area contributed by atoms with Crippen LogP contribution in [0.25, 0.3) is 0 Å². The molecule has 6 nitrogen and oxygen atoms in total. The molecule has 0 saturated heterocycles. The van der Waals surface area contributed by atoms with Gasteiger partial charge in [-0.2, -0.15) is 0 Å². The minimum atomic E-state index is -3.65. The molecule has 0 bridgehead atoms. The molecule has 1 amide bonds. The highest BCUT2D eigenvalue weighted by molar-refractivity contribution is 7.89. The van der Waals surface area contributed by atoms with Crippen LogP contribution in [0, 0.1) is 5.92 Å². The van der Waals surface area contributed by atoms with E-state index in [0.29, 0.717) is 11.6 Å². The van der Waals surface area contributed by atoms with Gasteiger partial charge < -0.3 is 10.6 Å². The van der Waals surface area contributed by atoms with Crippen LogP contribution in [-0.2, 0) is 27.8 Å². The largest absolute Gasteiger partial charge is 0.332 e. The Balaban J connectivity index is 1.53. The lowest BCUT2D eigenvalue weighted by molar-refractivity contribution is -0.120. The first kappa shape index (κ1) is 26.5. The van der Waals surface area contributed by atoms with Gasteiger partial charge in [0, 0.05) is 12.2 Å². The van der Waals surface area contributed by atoms with Crippen molar-refractivity contribution in [3.63, 3.8) is 0 Å². The second kappa shape index (κ2) is 12.1. The minimum Gasteiger partial charge on any atom is -0.332 e. The highest BCUT2D eigenvalue weighted by atomic mass is 32.2. The lowest BCUT2D eigenvalue weighted by Crippen LogP contribution is -2.36. The number of hydrogen-bond donors (Lipinski definition) is 3. The molecule has 0 aliphatic carbocycles. The first-order valence-corrected chi connectivity index (χ1v) is 13.4. The van der Waals surface area contributed by atoms with E-state index in [2.05, 4.69) is 41.3 Å². The second-order valence-electron chi connectivity index (χ2n) is 8.84. The van der Waals surface area contributed by atoms with E-state index in [1.165, 1.54) is 17.7 Å². The average Bonchev–Trinajstić information content (AvgIpc) is 2.83. The standard InChI is InChI=1S/C27H31N3O3S2/c1-19(2)17-21-9-11-23(12-10-21)20(3)26(31)30-27(34)29-24-13-15-25(16-14-24)35(32,33)28-18-22-7-5-4-6-8-22/h4-16,19-20,28H,17-18H2,1-3H3,(H2,29,30,31,34). The molecule has 0 fully saturated rings. The van der Waals surface area contributed by atoms with Crippen molar-refractivity contribution in [1.82, 2.24) is 10.0 Å². The van der Waals surface area contributed by atoms with E-state index in [0.717, 1.165) is 17.5 Å². The minimum absolute atomic E-state index is 0.142. The maximum absolute atomic E-state index is 12.7. The van der Waals surface area contributed by atoms with Gasteiger partial charge in [0.15, 0.2) is 5.11 Å². The number of anilines is 1. The summed E-state index contributed by atoms with van der Waals surface area (Å²) >= 11 is 5.28. The SMILES string of the molecule is CC(C)Cc1ccc(C(C)C(=O)NC(=S)Nc2ccc(S(=O)(=O)NCc3ccccc3)cc2)cc1. The number of nitrogens with one attached hydrogen (secondary N) is 3. The third kappa shape index (κ3) is 7.99. The molecule has 3 rings (SSSR count). The van der Waals surface area contributed by atoms with Crippen molar-refractivity contribution in [3.8, 4) is 0 Å². The summed E-state index contributed by atoms with van der Waals surface area (Å²) in [6.07, 6.45) is 0.998. The van der Waals surface area contributed by atoms with Crippen LogP contribution in [0.2, 0.25) is 0 Å². The highest BCUT2D eigenvalue weighted by Crippen LogP contribution is 2.18. The zero-order chi connectivity index (χ0) is 25.4. The van der Waals surface area contributed by atoms with Crippen molar-refractivity contribution in [2.75, 3.05) is 5.32 Å². The summed E-state index contributed by atoms with van der Waals surface area (Å²) in [4.78, 5) is 12.8. The van der Waals surface area contributed by atoms with Gasteiger partial charge in [0.25, 0.3) is 0 Å². The van der Waals surface area contributed by atoms with Gasteiger partial charge in [0.2, 0.25) is 15.9 Å². The summed E-state index contributed by atoms with van der Waals surface area (Å²) in [5.41, 5.74) is 3.60. The smallest absolute Gasteiger partial charge is 0.240 e. The van der Waals surface area contributed by atoms with Crippen molar-refractivity contribution in [2.24, 2.45) is 5.92 Å². The van der Waals surface area contributed by atoms with Crippen LogP contribution in [0.3, 0.4) is 0 Å². The number of carbonyl (C=O) groups is 1. The monoisotopic (exact) mass is 509 g/mol. The molecule has 0 heterocycles. The Kier molecular flexibility index (Phi) is 9.14.